The van der Waals surface area contributed by atoms with E-state index in [1.807, 2.05) is 6.92 Å². The van der Waals surface area contributed by atoms with Gasteiger partial charge >= 0.3 is 0 Å². The first-order valence-electron chi connectivity index (χ1n) is 5.80. The van der Waals surface area contributed by atoms with Crippen LogP contribution in [-0.2, 0) is 0 Å². The van der Waals surface area contributed by atoms with Crippen LogP contribution in [0.1, 0.15) is 33.2 Å². The highest BCUT2D eigenvalue weighted by atomic mass is 16.1. The summed E-state index contributed by atoms with van der Waals surface area (Å²) in [4.78, 5) is 11.8. The first-order chi connectivity index (χ1) is 8.08. The van der Waals surface area contributed by atoms with Crippen molar-refractivity contribution in [2.45, 2.75) is 33.2 Å². The van der Waals surface area contributed by atoms with Crippen LogP contribution >= 0.6 is 0 Å². The Morgan fingerprint density at radius 1 is 1.59 bits per heavy atom. The normalized spacial score (nSPS) is 12.2. The van der Waals surface area contributed by atoms with Gasteiger partial charge in [-0.2, -0.15) is 10.4 Å². The Morgan fingerprint density at radius 2 is 2.29 bits per heavy atom. The van der Waals surface area contributed by atoms with E-state index < -0.39 is 6.04 Å². The predicted molar refractivity (Wildman–Crippen MR) is 66.8 cm³/mol. The van der Waals surface area contributed by atoms with Crippen LogP contribution in [0.15, 0.2) is 17.1 Å². The molecule has 0 saturated heterocycles. The number of hydrogen-bond acceptors (Lipinski definition) is 4. The number of aromatic nitrogens is 2. The van der Waals surface area contributed by atoms with Gasteiger partial charge in [-0.25, -0.2) is 4.68 Å². The van der Waals surface area contributed by atoms with E-state index in [0.717, 1.165) is 6.54 Å². The lowest BCUT2D eigenvalue weighted by molar-refractivity contribution is 0.506. The Balaban J connectivity index is 2.87. The molecule has 1 unspecified atom stereocenters. The largest absolute Gasteiger partial charge is 0.383 e. The average Bonchev–Trinajstić information content (AvgIpc) is 2.30. The van der Waals surface area contributed by atoms with Gasteiger partial charge < -0.3 is 5.32 Å². The number of nitriles is 1. The molecule has 0 bridgehead atoms. The van der Waals surface area contributed by atoms with E-state index in [2.05, 4.69) is 30.3 Å². The van der Waals surface area contributed by atoms with Gasteiger partial charge in [0.2, 0.25) is 0 Å². The van der Waals surface area contributed by atoms with Crippen molar-refractivity contribution in [1.82, 2.24) is 9.78 Å². The minimum absolute atomic E-state index is 0.243. The molecule has 1 N–H and O–H groups in total. The van der Waals surface area contributed by atoms with Crippen molar-refractivity contribution in [3.63, 3.8) is 0 Å². The fourth-order valence-electron chi connectivity index (χ4n) is 1.39. The SMILES string of the molecule is CCC(C#N)n1ncc(NCC(C)C)cc1=O. The van der Waals surface area contributed by atoms with Crippen molar-refractivity contribution in [2.24, 2.45) is 5.92 Å². The Labute approximate surface area is 101 Å². The summed E-state index contributed by atoms with van der Waals surface area (Å²) in [5, 5.41) is 16.0. The third-order valence-electron chi connectivity index (χ3n) is 2.37. The summed E-state index contributed by atoms with van der Waals surface area (Å²) >= 11 is 0. The van der Waals surface area contributed by atoms with Gasteiger partial charge in [-0.05, 0) is 12.3 Å². The van der Waals surface area contributed by atoms with Gasteiger partial charge in [0, 0.05) is 12.6 Å². The standard InChI is InChI=1S/C12H18N4O/c1-4-11(6-13)16-12(17)5-10(8-15-16)14-7-9(2)3/h5,8-9,11,14H,4,7H2,1-3H3. The van der Waals surface area contributed by atoms with E-state index in [-0.39, 0.29) is 5.56 Å². The number of anilines is 1. The summed E-state index contributed by atoms with van der Waals surface area (Å²) in [5.41, 5.74) is 0.458. The molecule has 5 nitrogen and oxygen atoms in total. The molecule has 0 aliphatic carbocycles. The van der Waals surface area contributed by atoms with Gasteiger partial charge in [-0.1, -0.05) is 20.8 Å². The highest BCUT2D eigenvalue weighted by Crippen LogP contribution is 2.07. The van der Waals surface area contributed by atoms with Crippen LogP contribution in [0.4, 0.5) is 5.69 Å². The zero-order chi connectivity index (χ0) is 12.8. The number of rotatable bonds is 5. The van der Waals surface area contributed by atoms with Crippen LogP contribution in [-0.4, -0.2) is 16.3 Å². The van der Waals surface area contributed by atoms with Crippen molar-refractivity contribution >= 4 is 5.69 Å². The second-order valence-electron chi connectivity index (χ2n) is 4.35. The molecule has 0 aliphatic rings. The molecular formula is C12H18N4O. The zero-order valence-electron chi connectivity index (χ0n) is 10.5. The van der Waals surface area contributed by atoms with Crippen molar-refractivity contribution in [1.29, 1.82) is 5.26 Å². The summed E-state index contributed by atoms with van der Waals surface area (Å²) in [6.07, 6.45) is 2.16. The maximum absolute atomic E-state index is 11.8. The Morgan fingerprint density at radius 3 is 2.76 bits per heavy atom. The van der Waals surface area contributed by atoms with Crippen molar-refractivity contribution < 1.29 is 0 Å². The van der Waals surface area contributed by atoms with Gasteiger partial charge in [-0.3, -0.25) is 4.79 Å². The topological polar surface area (TPSA) is 70.7 Å². The summed E-state index contributed by atoms with van der Waals surface area (Å²) in [5.74, 6) is 0.500. The van der Waals surface area contributed by atoms with Gasteiger partial charge in [-0.15, -0.1) is 0 Å². The smallest absolute Gasteiger partial charge is 0.270 e. The summed E-state index contributed by atoms with van der Waals surface area (Å²) < 4.78 is 1.22. The molecular weight excluding hydrogens is 216 g/mol. The van der Waals surface area contributed by atoms with Crippen LogP contribution in [0, 0.1) is 17.2 Å². The monoisotopic (exact) mass is 234 g/mol. The van der Waals surface area contributed by atoms with Crippen LogP contribution < -0.4 is 10.9 Å². The van der Waals surface area contributed by atoms with Gasteiger partial charge in [0.25, 0.3) is 5.56 Å². The van der Waals surface area contributed by atoms with Crippen LogP contribution in [0.3, 0.4) is 0 Å². The summed E-state index contributed by atoms with van der Waals surface area (Å²) in [6, 6.07) is 3.06. The van der Waals surface area contributed by atoms with Gasteiger partial charge in [0.05, 0.1) is 18.0 Å². The van der Waals surface area contributed by atoms with Gasteiger partial charge in [0.1, 0.15) is 6.04 Å². The minimum atomic E-state index is -0.485. The Hall–Kier alpha value is -1.83. The average molecular weight is 234 g/mol. The van der Waals surface area contributed by atoms with Crippen LogP contribution in [0.25, 0.3) is 0 Å². The Kier molecular flexibility index (Phi) is 4.70. The van der Waals surface area contributed by atoms with E-state index >= 15 is 0 Å². The minimum Gasteiger partial charge on any atom is -0.383 e. The van der Waals surface area contributed by atoms with E-state index in [0.29, 0.717) is 18.0 Å². The third kappa shape index (κ3) is 3.59. The lowest BCUT2D eigenvalue weighted by atomic mass is 10.2. The fraction of sp³-hybridized carbons (Fsp3) is 0.583. The van der Waals surface area contributed by atoms with E-state index in [9.17, 15) is 4.79 Å². The fourth-order valence-corrected chi connectivity index (χ4v) is 1.39. The molecule has 1 rings (SSSR count). The van der Waals surface area contributed by atoms with Crippen molar-refractivity contribution in [3.05, 3.63) is 22.6 Å². The maximum Gasteiger partial charge on any atom is 0.270 e. The molecule has 0 radical (unpaired) electrons. The Bertz CT molecular complexity index is 458. The molecule has 1 atom stereocenters. The third-order valence-corrected chi connectivity index (χ3v) is 2.37. The second kappa shape index (κ2) is 6.04. The van der Waals surface area contributed by atoms with Crippen molar-refractivity contribution in [2.75, 3.05) is 11.9 Å². The lowest BCUT2D eigenvalue weighted by Crippen LogP contribution is -2.26. The van der Waals surface area contributed by atoms with Gasteiger partial charge in [0.15, 0.2) is 0 Å². The molecule has 0 aromatic carbocycles. The molecule has 5 heteroatoms. The number of hydrogen-bond donors (Lipinski definition) is 1. The molecule has 1 aromatic rings. The van der Waals surface area contributed by atoms with E-state index in [4.69, 9.17) is 5.26 Å². The predicted octanol–water partition coefficient (Wildman–Crippen LogP) is 1.79. The molecule has 0 aliphatic heterocycles. The van der Waals surface area contributed by atoms with E-state index in [1.165, 1.54) is 10.7 Å². The molecule has 17 heavy (non-hydrogen) atoms. The number of nitrogens with one attached hydrogen (secondary N) is 1. The zero-order valence-corrected chi connectivity index (χ0v) is 10.5. The molecule has 0 amide bonds. The molecule has 1 heterocycles. The highest BCUT2D eigenvalue weighted by Gasteiger charge is 2.10. The van der Waals surface area contributed by atoms with Crippen LogP contribution in [0.5, 0.6) is 0 Å². The molecule has 1 aromatic heterocycles. The molecule has 0 spiro atoms. The maximum atomic E-state index is 11.8. The first-order valence-corrected chi connectivity index (χ1v) is 5.80. The van der Waals surface area contributed by atoms with Crippen molar-refractivity contribution in [3.8, 4) is 6.07 Å². The molecule has 92 valence electrons. The summed E-state index contributed by atoms with van der Waals surface area (Å²) in [7, 11) is 0. The van der Waals surface area contributed by atoms with E-state index in [1.54, 1.807) is 6.20 Å². The molecule has 0 fully saturated rings. The quantitative estimate of drug-likeness (QED) is 0.843. The highest BCUT2D eigenvalue weighted by molar-refractivity contribution is 5.38. The molecule has 0 saturated carbocycles. The lowest BCUT2D eigenvalue weighted by Gasteiger charge is -2.11. The second-order valence-corrected chi connectivity index (χ2v) is 4.35. The summed E-state index contributed by atoms with van der Waals surface area (Å²) in [6.45, 7) is 6.82. The first kappa shape index (κ1) is 13.2. The van der Waals surface area contributed by atoms with Crippen LogP contribution in [0.2, 0.25) is 0 Å². The number of nitrogens with zero attached hydrogens (tertiary/aromatic N) is 3.